The van der Waals surface area contributed by atoms with Crippen LogP contribution < -0.4 is 0 Å². The number of halogens is 2. The van der Waals surface area contributed by atoms with Crippen LogP contribution in [0.1, 0.15) is 15.4 Å². The zero-order valence-electron chi connectivity index (χ0n) is 8.41. The van der Waals surface area contributed by atoms with Crippen LogP contribution in [0.25, 0.3) is 0 Å². The third-order valence-electron chi connectivity index (χ3n) is 2.21. The molecule has 2 aromatic heterocycles. The van der Waals surface area contributed by atoms with Crippen LogP contribution in [0.4, 0.5) is 0 Å². The number of carbonyl (C=O) groups excluding carboxylic acids is 1. The van der Waals surface area contributed by atoms with Gasteiger partial charge in [0.1, 0.15) is 6.54 Å². The van der Waals surface area contributed by atoms with E-state index in [1.165, 1.54) is 11.3 Å². The maximum absolute atomic E-state index is 11.9. The highest BCUT2D eigenvalue weighted by Gasteiger charge is 2.14. The van der Waals surface area contributed by atoms with E-state index in [1.807, 2.05) is 18.4 Å². The molecule has 2 aromatic rings. The summed E-state index contributed by atoms with van der Waals surface area (Å²) >= 11 is 10.6. The first-order valence-electron chi connectivity index (χ1n) is 4.53. The molecule has 0 aromatic carbocycles. The predicted molar refractivity (Wildman–Crippen MR) is 68.3 cm³/mol. The Morgan fingerprint density at radius 3 is 2.94 bits per heavy atom. The maximum Gasteiger partial charge on any atom is 0.195 e. The summed E-state index contributed by atoms with van der Waals surface area (Å²) in [6.07, 6.45) is 1.55. The molecule has 0 spiro atoms. The van der Waals surface area contributed by atoms with Crippen LogP contribution >= 0.6 is 38.9 Å². The molecule has 84 valence electrons. The number of rotatable bonds is 3. The fraction of sp³-hybridized carbons (Fsp3) is 0.200. The Bertz CT molecular complexity index is 535. The second kappa shape index (κ2) is 4.69. The lowest BCUT2D eigenvalue weighted by Crippen LogP contribution is -2.12. The highest BCUT2D eigenvalue weighted by Crippen LogP contribution is 2.24. The van der Waals surface area contributed by atoms with E-state index in [0.29, 0.717) is 9.90 Å². The molecule has 0 aliphatic heterocycles. The summed E-state index contributed by atoms with van der Waals surface area (Å²) in [5.41, 5.74) is 0.808. The van der Waals surface area contributed by atoms with Crippen LogP contribution in [-0.4, -0.2) is 15.6 Å². The predicted octanol–water partition coefficient (Wildman–Crippen LogP) is 3.55. The number of thiophene rings is 1. The summed E-state index contributed by atoms with van der Waals surface area (Å²) in [4.78, 5) is 12.6. The second-order valence-corrected chi connectivity index (χ2v) is 5.43. The molecule has 0 saturated carbocycles. The fourth-order valence-corrected chi connectivity index (χ4v) is 2.95. The molecule has 0 atom stereocenters. The van der Waals surface area contributed by atoms with E-state index in [9.17, 15) is 4.79 Å². The number of hydrogen-bond donors (Lipinski definition) is 0. The molecule has 2 rings (SSSR count). The Labute approximate surface area is 110 Å². The third kappa shape index (κ3) is 2.21. The first-order chi connectivity index (χ1) is 7.59. The van der Waals surface area contributed by atoms with Crippen molar-refractivity contribution in [2.45, 2.75) is 13.5 Å². The van der Waals surface area contributed by atoms with Crippen LogP contribution in [0.3, 0.4) is 0 Å². The molecule has 0 N–H and O–H groups in total. The van der Waals surface area contributed by atoms with Gasteiger partial charge in [0.2, 0.25) is 0 Å². The zero-order chi connectivity index (χ0) is 11.7. The van der Waals surface area contributed by atoms with Gasteiger partial charge >= 0.3 is 0 Å². The zero-order valence-corrected chi connectivity index (χ0v) is 11.6. The summed E-state index contributed by atoms with van der Waals surface area (Å²) in [6, 6.07) is 1.86. The molecule has 0 amide bonds. The molecule has 0 bridgehead atoms. The van der Waals surface area contributed by atoms with Crippen molar-refractivity contribution in [2.24, 2.45) is 0 Å². The number of hydrogen-bond acceptors (Lipinski definition) is 3. The Kier molecular flexibility index (Phi) is 3.47. The van der Waals surface area contributed by atoms with Gasteiger partial charge in [-0.25, -0.2) is 0 Å². The quantitative estimate of drug-likeness (QED) is 0.811. The van der Waals surface area contributed by atoms with Crippen molar-refractivity contribution in [3.63, 3.8) is 0 Å². The van der Waals surface area contributed by atoms with Gasteiger partial charge in [0, 0.05) is 4.47 Å². The van der Waals surface area contributed by atoms with Crippen molar-refractivity contribution in [3.05, 3.63) is 37.7 Å². The molecule has 0 saturated heterocycles. The fourth-order valence-electron chi connectivity index (χ4n) is 1.28. The lowest BCUT2D eigenvalue weighted by Gasteiger charge is -2.02. The number of carbonyl (C=O) groups is 1. The summed E-state index contributed by atoms with van der Waals surface area (Å²) in [6.45, 7) is 2.06. The topological polar surface area (TPSA) is 34.9 Å². The van der Waals surface area contributed by atoms with E-state index in [4.69, 9.17) is 11.6 Å². The molecule has 0 fully saturated rings. The van der Waals surface area contributed by atoms with E-state index < -0.39 is 0 Å². The van der Waals surface area contributed by atoms with Crippen molar-refractivity contribution in [1.29, 1.82) is 0 Å². The van der Waals surface area contributed by atoms with Crippen LogP contribution in [0, 0.1) is 6.92 Å². The number of Topliss-reactive ketones (excluding diaryl/α,β-unsaturated/α-hetero) is 1. The minimum absolute atomic E-state index is 0.0322. The molecule has 0 radical (unpaired) electrons. The van der Waals surface area contributed by atoms with Crippen LogP contribution in [-0.2, 0) is 6.54 Å². The van der Waals surface area contributed by atoms with E-state index in [1.54, 1.807) is 10.9 Å². The Morgan fingerprint density at radius 2 is 2.44 bits per heavy atom. The average Bonchev–Trinajstić information content (AvgIpc) is 2.79. The second-order valence-electron chi connectivity index (χ2n) is 3.26. The lowest BCUT2D eigenvalue weighted by molar-refractivity contribution is 0.0970. The van der Waals surface area contributed by atoms with Gasteiger partial charge < -0.3 is 0 Å². The van der Waals surface area contributed by atoms with Gasteiger partial charge in [0.15, 0.2) is 5.78 Å². The van der Waals surface area contributed by atoms with Gasteiger partial charge in [-0.3, -0.25) is 9.48 Å². The molecule has 6 heteroatoms. The normalized spacial score (nSPS) is 10.7. The van der Waals surface area contributed by atoms with E-state index in [2.05, 4.69) is 21.0 Å². The van der Waals surface area contributed by atoms with Crippen LogP contribution in [0.5, 0.6) is 0 Å². The molecule has 3 nitrogen and oxygen atoms in total. The van der Waals surface area contributed by atoms with Gasteiger partial charge in [-0.05, 0) is 34.3 Å². The molecule has 2 heterocycles. The van der Waals surface area contributed by atoms with Crippen LogP contribution in [0.2, 0.25) is 5.02 Å². The standard InChI is InChI=1S/C10H8BrClN2OS/c1-6-8(12)4-13-14(6)5-9(15)10-7(11)2-3-16-10/h2-4H,5H2,1H3. The molecular formula is C10H8BrClN2OS. The average molecular weight is 320 g/mol. The monoisotopic (exact) mass is 318 g/mol. The molecule has 0 aliphatic rings. The number of ketones is 1. The van der Waals surface area contributed by atoms with E-state index in [-0.39, 0.29) is 12.3 Å². The molecular weight excluding hydrogens is 312 g/mol. The Balaban J connectivity index is 2.20. The van der Waals surface area contributed by atoms with Gasteiger partial charge in [0.05, 0.1) is 21.8 Å². The maximum atomic E-state index is 11.9. The summed E-state index contributed by atoms with van der Waals surface area (Å²) in [7, 11) is 0. The highest BCUT2D eigenvalue weighted by atomic mass is 79.9. The van der Waals surface area contributed by atoms with Crippen LogP contribution in [0.15, 0.2) is 22.1 Å². The Hall–Kier alpha value is -0.650. The number of nitrogens with zero attached hydrogens (tertiary/aromatic N) is 2. The molecule has 0 unspecified atom stereocenters. The van der Waals surface area contributed by atoms with Gasteiger partial charge in [0.25, 0.3) is 0 Å². The third-order valence-corrected chi connectivity index (χ3v) is 4.46. The molecule has 0 aliphatic carbocycles. The van der Waals surface area contributed by atoms with Crippen molar-refractivity contribution < 1.29 is 4.79 Å². The van der Waals surface area contributed by atoms with Gasteiger partial charge in [-0.1, -0.05) is 11.6 Å². The largest absolute Gasteiger partial charge is 0.291 e. The van der Waals surface area contributed by atoms with E-state index >= 15 is 0 Å². The van der Waals surface area contributed by atoms with Crippen molar-refractivity contribution in [2.75, 3.05) is 0 Å². The van der Waals surface area contributed by atoms with Gasteiger partial charge in [-0.15, -0.1) is 11.3 Å². The highest BCUT2D eigenvalue weighted by molar-refractivity contribution is 9.10. The van der Waals surface area contributed by atoms with Gasteiger partial charge in [-0.2, -0.15) is 5.10 Å². The number of aromatic nitrogens is 2. The van der Waals surface area contributed by atoms with Crippen molar-refractivity contribution in [1.82, 2.24) is 9.78 Å². The first-order valence-corrected chi connectivity index (χ1v) is 6.58. The smallest absolute Gasteiger partial charge is 0.195 e. The Morgan fingerprint density at radius 1 is 1.69 bits per heavy atom. The molecule has 16 heavy (non-hydrogen) atoms. The summed E-state index contributed by atoms with van der Waals surface area (Å²) < 4.78 is 2.44. The summed E-state index contributed by atoms with van der Waals surface area (Å²) in [5, 5.41) is 6.50. The van der Waals surface area contributed by atoms with E-state index in [0.717, 1.165) is 10.2 Å². The minimum atomic E-state index is 0.0322. The van der Waals surface area contributed by atoms with Crippen molar-refractivity contribution in [3.8, 4) is 0 Å². The minimum Gasteiger partial charge on any atom is -0.291 e. The van der Waals surface area contributed by atoms with Crippen molar-refractivity contribution >= 4 is 44.7 Å². The SMILES string of the molecule is Cc1c(Cl)cnn1CC(=O)c1sccc1Br. The summed E-state index contributed by atoms with van der Waals surface area (Å²) in [5.74, 6) is 0.0322. The lowest BCUT2D eigenvalue weighted by atomic mass is 10.3. The first kappa shape index (κ1) is 11.8.